The zero-order valence-electron chi connectivity index (χ0n) is 39.4. The molecule has 7 rings (SSSR count). The molecule has 340 valence electrons. The lowest BCUT2D eigenvalue weighted by atomic mass is 9.76. The maximum Gasteiger partial charge on any atom is 0.511 e. The van der Waals surface area contributed by atoms with Gasteiger partial charge in [-0.2, -0.15) is 13.2 Å². The monoisotopic (exact) mass is 927 g/mol. The Morgan fingerprint density at radius 2 is 0.844 bits per heavy atom. The smallest absolute Gasteiger partial charge is 0.423 e. The minimum Gasteiger partial charge on any atom is -0.423 e. The van der Waals surface area contributed by atoms with Gasteiger partial charge in [0.1, 0.15) is 11.5 Å². The van der Waals surface area contributed by atoms with E-state index in [2.05, 4.69) is 121 Å². The van der Waals surface area contributed by atoms with Crippen LogP contribution in [0.5, 0.6) is 11.5 Å². The first kappa shape index (κ1) is 47.7. The van der Waals surface area contributed by atoms with E-state index in [1.54, 1.807) is 0 Å². The number of fused-ring (bicyclic) bond motifs is 7. The van der Waals surface area contributed by atoms with Gasteiger partial charge in [-0.05, 0) is 113 Å². The van der Waals surface area contributed by atoms with Gasteiger partial charge in [0, 0.05) is 34.1 Å². The van der Waals surface area contributed by atoms with E-state index in [-0.39, 0.29) is 46.0 Å². The molecular weight excluding hydrogens is 867 g/mol. The molecule has 1 aliphatic heterocycles. The molecule has 1 N–H and O–H groups in total. The Morgan fingerprint density at radius 3 is 1.12 bits per heavy atom. The molecule has 0 amide bonds. The van der Waals surface area contributed by atoms with E-state index >= 15 is 0 Å². The minimum absolute atomic E-state index is 0.00503. The zero-order valence-corrected chi connectivity index (χ0v) is 42.0. The molecule has 0 aliphatic carbocycles. The second-order valence-electron chi connectivity index (χ2n) is 20.6. The highest BCUT2D eigenvalue weighted by atomic mass is 32.5. The second-order valence-corrected chi connectivity index (χ2v) is 25.6. The second kappa shape index (κ2) is 16.6. The fourth-order valence-corrected chi connectivity index (χ4v) is 13.0. The molecule has 0 radical (unpaired) electrons. The van der Waals surface area contributed by atoms with Crippen LogP contribution in [0.15, 0.2) is 84.9 Å². The molecule has 5 nitrogen and oxygen atoms in total. The predicted molar refractivity (Wildman–Crippen MR) is 265 cm³/mol. The Morgan fingerprint density at radius 1 is 0.531 bits per heavy atom. The number of sulfonamides is 1. The van der Waals surface area contributed by atoms with Crippen molar-refractivity contribution in [1.29, 1.82) is 0 Å². The minimum atomic E-state index is -6.10. The van der Waals surface area contributed by atoms with E-state index in [0.717, 1.165) is 66.1 Å². The van der Waals surface area contributed by atoms with Gasteiger partial charge in [0.25, 0.3) is 0 Å². The molecule has 0 spiro atoms. The topological polar surface area (TPSA) is 64.6 Å². The van der Waals surface area contributed by atoms with Gasteiger partial charge >= 0.3 is 22.2 Å². The third-order valence-corrected chi connectivity index (χ3v) is 16.8. The van der Waals surface area contributed by atoms with E-state index in [1.807, 2.05) is 65.2 Å². The molecule has 64 heavy (non-hydrogen) atoms. The SMILES string of the molecule is CC(C)c1cc(C(C)(C)C)cc(C(C)C)c1-c1cc2ccccc2c2c1OP(=S)(NS(=O)(=O)C(F)(F)F)Oc1c(-c3c(C(C)C)cc(C(C)(C)C)cc3C(C)C)cc3ccccc3c1-2. The molecular formula is C53H61F3NO4PS2. The largest absolute Gasteiger partial charge is 0.511 e. The summed E-state index contributed by atoms with van der Waals surface area (Å²) in [5.74, 6) is 0.347. The van der Waals surface area contributed by atoms with Crippen LogP contribution in [-0.2, 0) is 32.7 Å². The lowest BCUT2D eigenvalue weighted by Crippen LogP contribution is -2.36. The molecule has 0 fully saturated rings. The summed E-state index contributed by atoms with van der Waals surface area (Å²) in [7, 11) is -6.10. The fourth-order valence-electron chi connectivity index (χ4n) is 8.89. The van der Waals surface area contributed by atoms with Crippen LogP contribution in [0.25, 0.3) is 54.9 Å². The van der Waals surface area contributed by atoms with Crippen LogP contribution in [0, 0.1) is 0 Å². The summed E-state index contributed by atoms with van der Waals surface area (Å²) in [6.45, 7) is 25.3. The van der Waals surface area contributed by atoms with Crippen LogP contribution < -0.4 is 13.5 Å². The van der Waals surface area contributed by atoms with Gasteiger partial charge in [-0.15, -0.1) is 4.49 Å². The third-order valence-electron chi connectivity index (χ3n) is 12.4. The fraction of sp³-hybridized carbons (Fsp3) is 0.396. The van der Waals surface area contributed by atoms with Crippen molar-refractivity contribution in [2.45, 2.75) is 137 Å². The molecule has 0 aromatic heterocycles. The molecule has 0 atom stereocenters. The number of nitrogens with one attached hydrogen (secondary N) is 1. The lowest BCUT2D eigenvalue weighted by Gasteiger charge is -2.29. The van der Waals surface area contributed by atoms with Crippen molar-refractivity contribution in [3.63, 3.8) is 0 Å². The summed E-state index contributed by atoms with van der Waals surface area (Å²) < 4.78 is 86.2. The molecule has 1 heterocycles. The Hall–Kier alpha value is -4.21. The summed E-state index contributed by atoms with van der Waals surface area (Å²) in [6.07, 6.45) is 0. The Bertz CT molecular complexity index is 2760. The maximum absolute atomic E-state index is 14.6. The number of hydrogen-bond acceptors (Lipinski definition) is 5. The van der Waals surface area contributed by atoms with Crippen LogP contribution in [-0.4, -0.2) is 13.9 Å². The zero-order chi connectivity index (χ0) is 47.2. The van der Waals surface area contributed by atoms with Gasteiger partial charge in [-0.1, -0.05) is 170 Å². The predicted octanol–water partition coefficient (Wildman–Crippen LogP) is 16.5. The summed E-state index contributed by atoms with van der Waals surface area (Å²) in [5, 5.41) is 3.21. The number of alkyl halides is 3. The summed E-state index contributed by atoms with van der Waals surface area (Å²) in [5.41, 5.74) is 4.30. The molecule has 0 unspecified atom stereocenters. The average molecular weight is 928 g/mol. The first-order valence-corrected chi connectivity index (χ1v) is 26.3. The summed E-state index contributed by atoms with van der Waals surface area (Å²) >= 11 is 6.13. The van der Waals surface area contributed by atoms with Gasteiger partial charge in [-0.25, -0.2) is 8.42 Å². The van der Waals surface area contributed by atoms with Crippen molar-refractivity contribution in [1.82, 2.24) is 4.49 Å². The highest BCUT2D eigenvalue weighted by molar-refractivity contribution is 8.14. The number of benzene rings is 6. The Labute approximate surface area is 383 Å². The van der Waals surface area contributed by atoms with E-state index in [9.17, 15) is 21.6 Å². The molecule has 1 aliphatic rings. The van der Waals surface area contributed by atoms with Crippen molar-refractivity contribution < 1.29 is 30.6 Å². The maximum atomic E-state index is 14.6. The molecule has 6 aromatic rings. The van der Waals surface area contributed by atoms with Gasteiger partial charge in [0.15, 0.2) is 0 Å². The van der Waals surface area contributed by atoms with E-state index in [0.29, 0.717) is 22.3 Å². The van der Waals surface area contributed by atoms with Gasteiger partial charge in [0.05, 0.1) is 0 Å². The van der Waals surface area contributed by atoms with Crippen LogP contribution in [0.1, 0.15) is 154 Å². The Balaban J connectivity index is 1.78. The standard InChI is InChI=1S/C53H61F3NO4PS2/c1-29(2)39-25-35(51(9,10)11)26-40(30(3)4)45(39)43-23-33-19-15-17-21-37(33)47-48-38-22-18-16-20-34(38)24-44(46-41(31(5)6)27-36(52(12,13)14)28-42(46)32(7)8)50(48)61-62(63,60-49(43)47)57-64(58,59)53(54,55)56/h15-32H,1-14H3,(H,57,63). The van der Waals surface area contributed by atoms with Gasteiger partial charge in [0.2, 0.25) is 0 Å². The third kappa shape index (κ3) is 8.65. The van der Waals surface area contributed by atoms with Crippen LogP contribution >= 0.6 is 6.64 Å². The molecule has 0 saturated carbocycles. The van der Waals surface area contributed by atoms with Gasteiger partial charge < -0.3 is 9.05 Å². The van der Waals surface area contributed by atoms with Gasteiger partial charge in [-0.3, -0.25) is 0 Å². The van der Waals surface area contributed by atoms with Crippen molar-refractivity contribution in [2.75, 3.05) is 0 Å². The summed E-state index contributed by atoms with van der Waals surface area (Å²) in [4.78, 5) is 0. The van der Waals surface area contributed by atoms with Crippen molar-refractivity contribution >= 4 is 50.0 Å². The first-order valence-electron chi connectivity index (χ1n) is 22.1. The van der Waals surface area contributed by atoms with Crippen molar-refractivity contribution in [3.05, 3.63) is 118 Å². The van der Waals surface area contributed by atoms with Crippen LogP contribution in [0.4, 0.5) is 13.2 Å². The average Bonchev–Trinajstić information content (AvgIpc) is 3.31. The molecule has 0 bridgehead atoms. The molecule has 11 heteroatoms. The van der Waals surface area contributed by atoms with E-state index in [1.165, 1.54) is 0 Å². The van der Waals surface area contributed by atoms with Crippen LogP contribution in [0.2, 0.25) is 0 Å². The van der Waals surface area contributed by atoms with Crippen molar-refractivity contribution in [3.8, 4) is 44.9 Å². The first-order chi connectivity index (χ1) is 29.5. The number of rotatable bonds is 8. The van der Waals surface area contributed by atoms with Crippen molar-refractivity contribution in [2.24, 2.45) is 0 Å². The quantitative estimate of drug-likeness (QED) is 0.154. The molecule has 0 saturated heterocycles. The van der Waals surface area contributed by atoms with E-state index in [4.69, 9.17) is 20.9 Å². The summed E-state index contributed by atoms with van der Waals surface area (Å²) in [6, 6.07) is 28.6. The molecule has 6 aromatic carbocycles. The normalized spacial score (nSPS) is 14.6. The van der Waals surface area contributed by atoms with Crippen LogP contribution in [0.3, 0.4) is 0 Å². The Kier molecular flexibility index (Phi) is 12.4. The highest BCUT2D eigenvalue weighted by Crippen LogP contribution is 2.64. The number of halogens is 3. The number of hydrogen-bond donors (Lipinski definition) is 1. The van der Waals surface area contributed by atoms with E-state index < -0.39 is 22.2 Å². The lowest BCUT2D eigenvalue weighted by molar-refractivity contribution is -0.0442. The highest BCUT2D eigenvalue weighted by Gasteiger charge is 2.51.